The number of hydrogen-bond acceptors (Lipinski definition) is 2. The van der Waals surface area contributed by atoms with Crippen molar-refractivity contribution in [2.45, 2.75) is 19.6 Å². The largest absolute Gasteiger partial charge is 0.392 e. The highest BCUT2D eigenvalue weighted by Gasteiger charge is 2.17. The first-order valence-electron chi connectivity index (χ1n) is 4.42. The molecule has 0 spiro atoms. The Morgan fingerprint density at radius 3 is 2.54 bits per heavy atom. The van der Waals surface area contributed by atoms with Gasteiger partial charge in [0.1, 0.15) is 0 Å². The Labute approximate surface area is 84.7 Å². The summed E-state index contributed by atoms with van der Waals surface area (Å²) in [5.74, 6) is 0. The van der Waals surface area contributed by atoms with E-state index in [1.807, 2.05) is 17.4 Å². The van der Waals surface area contributed by atoms with Crippen molar-refractivity contribution in [3.05, 3.63) is 23.1 Å². The third kappa shape index (κ3) is 3.10. The van der Waals surface area contributed by atoms with E-state index in [1.54, 1.807) is 6.08 Å². The van der Waals surface area contributed by atoms with Crippen molar-refractivity contribution in [2.75, 3.05) is 6.61 Å². The van der Waals surface area contributed by atoms with Gasteiger partial charge in [-0.1, -0.05) is 31.8 Å². The van der Waals surface area contributed by atoms with E-state index in [0.29, 0.717) is 0 Å². The molecule has 0 aliphatic carbocycles. The first-order chi connectivity index (χ1) is 6.04. The highest BCUT2D eigenvalue weighted by Crippen LogP contribution is 2.14. The van der Waals surface area contributed by atoms with Crippen molar-refractivity contribution >= 4 is 30.0 Å². The number of hydrogen-bond donors (Lipinski definition) is 1. The van der Waals surface area contributed by atoms with E-state index >= 15 is 0 Å². The standard InChI is InChI=1S/C10H16OSSi/c1-13(2,3)10-7-6-9(12-10)5-4-8-11/h4-7,11H,8H2,1-3H3/b5-4+. The van der Waals surface area contributed by atoms with Crippen LogP contribution in [0.4, 0.5) is 0 Å². The second kappa shape index (κ2) is 4.22. The van der Waals surface area contributed by atoms with Crippen molar-refractivity contribution in [1.82, 2.24) is 0 Å². The van der Waals surface area contributed by atoms with Crippen LogP contribution in [0.25, 0.3) is 6.08 Å². The summed E-state index contributed by atoms with van der Waals surface area (Å²) in [6.07, 6.45) is 3.76. The van der Waals surface area contributed by atoms with E-state index in [2.05, 4.69) is 31.8 Å². The zero-order valence-electron chi connectivity index (χ0n) is 8.37. The van der Waals surface area contributed by atoms with Gasteiger partial charge in [0.2, 0.25) is 0 Å². The van der Waals surface area contributed by atoms with Crippen LogP contribution in [0.1, 0.15) is 4.88 Å². The van der Waals surface area contributed by atoms with Crippen molar-refractivity contribution in [2.24, 2.45) is 0 Å². The van der Waals surface area contributed by atoms with E-state index < -0.39 is 8.07 Å². The highest BCUT2D eigenvalue weighted by atomic mass is 32.1. The van der Waals surface area contributed by atoms with E-state index in [4.69, 9.17) is 5.11 Å². The fraction of sp³-hybridized carbons (Fsp3) is 0.400. The van der Waals surface area contributed by atoms with Gasteiger partial charge in [0.15, 0.2) is 0 Å². The van der Waals surface area contributed by atoms with Crippen LogP contribution in [-0.2, 0) is 0 Å². The van der Waals surface area contributed by atoms with E-state index in [1.165, 1.54) is 9.38 Å². The van der Waals surface area contributed by atoms with Gasteiger partial charge in [-0.3, -0.25) is 0 Å². The molecule has 72 valence electrons. The molecule has 1 heterocycles. The summed E-state index contributed by atoms with van der Waals surface area (Å²) >= 11 is 1.84. The predicted octanol–water partition coefficient (Wildman–Crippen LogP) is 2.30. The highest BCUT2D eigenvalue weighted by molar-refractivity contribution is 7.27. The first-order valence-corrected chi connectivity index (χ1v) is 8.73. The number of rotatable bonds is 3. The zero-order valence-corrected chi connectivity index (χ0v) is 10.2. The Kier molecular flexibility index (Phi) is 3.47. The lowest BCUT2D eigenvalue weighted by Crippen LogP contribution is -2.34. The molecular weight excluding hydrogens is 196 g/mol. The summed E-state index contributed by atoms with van der Waals surface area (Å²) in [6, 6.07) is 4.35. The molecule has 0 fully saturated rings. The van der Waals surface area contributed by atoms with E-state index in [0.717, 1.165) is 0 Å². The maximum atomic E-state index is 8.62. The van der Waals surface area contributed by atoms with Crippen molar-refractivity contribution in [3.8, 4) is 0 Å². The summed E-state index contributed by atoms with van der Waals surface area (Å²) in [5, 5.41) is 8.62. The lowest BCUT2D eigenvalue weighted by molar-refractivity contribution is 0.343. The summed E-state index contributed by atoms with van der Waals surface area (Å²) in [4.78, 5) is 1.24. The minimum Gasteiger partial charge on any atom is -0.392 e. The number of aliphatic hydroxyl groups excluding tert-OH is 1. The molecular formula is C10H16OSSi. The topological polar surface area (TPSA) is 20.2 Å². The van der Waals surface area contributed by atoms with Gasteiger partial charge in [0.25, 0.3) is 0 Å². The monoisotopic (exact) mass is 212 g/mol. The van der Waals surface area contributed by atoms with Crippen LogP contribution in [0.5, 0.6) is 0 Å². The van der Waals surface area contributed by atoms with Crippen LogP contribution in [0.2, 0.25) is 19.6 Å². The minimum absolute atomic E-state index is 0.125. The Morgan fingerprint density at radius 1 is 1.38 bits per heavy atom. The lowest BCUT2D eigenvalue weighted by Gasteiger charge is -2.11. The SMILES string of the molecule is C[Si](C)(C)c1ccc(/C=C/CO)s1. The van der Waals surface area contributed by atoms with Crippen LogP contribution in [0.15, 0.2) is 18.2 Å². The Balaban J connectivity index is 2.81. The maximum Gasteiger partial charge on any atom is 0.0904 e. The van der Waals surface area contributed by atoms with Gasteiger partial charge in [-0.15, -0.1) is 11.3 Å². The smallest absolute Gasteiger partial charge is 0.0904 e. The summed E-state index contributed by atoms with van der Waals surface area (Å²) in [6.45, 7) is 7.16. The average Bonchev–Trinajstić information content (AvgIpc) is 2.47. The molecule has 13 heavy (non-hydrogen) atoms. The molecule has 0 aromatic carbocycles. The van der Waals surface area contributed by atoms with Crippen LogP contribution >= 0.6 is 11.3 Å². The molecule has 1 aromatic rings. The third-order valence-corrected chi connectivity index (χ3v) is 6.41. The fourth-order valence-corrected chi connectivity index (χ4v) is 3.87. The molecule has 0 atom stereocenters. The third-order valence-electron chi connectivity index (χ3n) is 1.75. The molecule has 0 saturated carbocycles. The van der Waals surface area contributed by atoms with Gasteiger partial charge in [-0.25, -0.2) is 0 Å². The maximum absolute atomic E-state index is 8.62. The molecule has 0 aliphatic heterocycles. The average molecular weight is 212 g/mol. The molecule has 0 amide bonds. The minimum atomic E-state index is -1.13. The predicted molar refractivity (Wildman–Crippen MR) is 63.4 cm³/mol. The Hall–Kier alpha value is -0.383. The molecule has 1 nitrogen and oxygen atoms in total. The molecule has 1 aromatic heterocycles. The summed E-state index contributed by atoms with van der Waals surface area (Å²) < 4.78 is 1.52. The first kappa shape index (κ1) is 10.7. The quantitative estimate of drug-likeness (QED) is 0.762. The van der Waals surface area contributed by atoms with Gasteiger partial charge in [-0.05, 0) is 16.6 Å². The van der Waals surface area contributed by atoms with Crippen LogP contribution < -0.4 is 4.50 Å². The van der Waals surface area contributed by atoms with Gasteiger partial charge in [0, 0.05) is 4.88 Å². The van der Waals surface area contributed by atoms with E-state index in [-0.39, 0.29) is 6.61 Å². The Bertz CT molecular complexity index is 296. The van der Waals surface area contributed by atoms with Gasteiger partial charge < -0.3 is 5.11 Å². The zero-order chi connectivity index (χ0) is 9.90. The van der Waals surface area contributed by atoms with Crippen molar-refractivity contribution < 1.29 is 5.11 Å². The molecule has 3 heteroatoms. The van der Waals surface area contributed by atoms with Crippen molar-refractivity contribution in [3.63, 3.8) is 0 Å². The summed E-state index contributed by atoms with van der Waals surface area (Å²) in [7, 11) is -1.13. The van der Waals surface area contributed by atoms with Crippen LogP contribution in [-0.4, -0.2) is 19.8 Å². The fourth-order valence-electron chi connectivity index (χ4n) is 1.01. The molecule has 1 rings (SSSR count). The lowest BCUT2D eigenvalue weighted by atomic mass is 10.4. The normalized spacial score (nSPS) is 12.6. The number of thiophene rings is 1. The second-order valence-corrected chi connectivity index (χ2v) is 10.6. The van der Waals surface area contributed by atoms with E-state index in [9.17, 15) is 0 Å². The molecule has 0 bridgehead atoms. The van der Waals surface area contributed by atoms with Gasteiger partial charge in [0.05, 0.1) is 14.7 Å². The molecule has 0 aliphatic rings. The molecule has 1 N–H and O–H groups in total. The Morgan fingerprint density at radius 2 is 2.08 bits per heavy atom. The van der Waals surface area contributed by atoms with Crippen molar-refractivity contribution in [1.29, 1.82) is 0 Å². The van der Waals surface area contributed by atoms with Crippen LogP contribution in [0, 0.1) is 0 Å². The summed E-state index contributed by atoms with van der Waals surface area (Å²) in [5.41, 5.74) is 0. The van der Waals surface area contributed by atoms with Crippen LogP contribution in [0.3, 0.4) is 0 Å². The molecule has 0 unspecified atom stereocenters. The number of aliphatic hydroxyl groups is 1. The van der Waals surface area contributed by atoms with Gasteiger partial charge in [-0.2, -0.15) is 0 Å². The molecule has 0 saturated heterocycles. The molecule has 0 radical (unpaired) electrons. The second-order valence-electron chi connectivity index (χ2n) is 4.04. The van der Waals surface area contributed by atoms with Gasteiger partial charge >= 0.3 is 0 Å².